The maximum absolute atomic E-state index is 12.9. The van der Waals surface area contributed by atoms with Crippen LogP contribution in [0.15, 0.2) is 47.4 Å². The van der Waals surface area contributed by atoms with Gasteiger partial charge in [-0.05, 0) is 54.8 Å². The molecule has 5 nitrogen and oxygen atoms in total. The molecule has 1 heterocycles. The summed E-state index contributed by atoms with van der Waals surface area (Å²) in [4.78, 5) is 13.7. The summed E-state index contributed by atoms with van der Waals surface area (Å²) in [6.45, 7) is 1.12. The Labute approximate surface area is 202 Å². The second kappa shape index (κ2) is 11.3. The summed E-state index contributed by atoms with van der Waals surface area (Å²) < 4.78 is 27.1. The lowest BCUT2D eigenvalue weighted by Gasteiger charge is -2.31. The number of halogens is 3. The van der Waals surface area contributed by atoms with Gasteiger partial charge in [0.05, 0.1) is 21.7 Å². The van der Waals surface area contributed by atoms with Crippen molar-refractivity contribution in [2.24, 2.45) is 5.92 Å². The molecule has 1 amide bonds. The lowest BCUT2D eigenvalue weighted by atomic mass is 9.99. The first-order valence-electron chi connectivity index (χ1n) is 9.82. The Morgan fingerprint density at radius 3 is 2.55 bits per heavy atom. The van der Waals surface area contributed by atoms with Crippen LogP contribution >= 0.6 is 46.6 Å². The normalized spacial score (nSPS) is 17.5. The zero-order valence-corrected chi connectivity index (χ0v) is 20.6. The molecule has 0 radical (unpaired) electrons. The van der Waals surface area contributed by atoms with Gasteiger partial charge in [-0.1, -0.05) is 40.9 Å². The molecule has 168 valence electrons. The predicted molar refractivity (Wildman–Crippen MR) is 129 cm³/mol. The van der Waals surface area contributed by atoms with Crippen LogP contribution in [0.3, 0.4) is 0 Å². The number of benzene rings is 2. The van der Waals surface area contributed by atoms with Gasteiger partial charge in [-0.2, -0.15) is 0 Å². The number of hydrogen-bond acceptors (Lipinski definition) is 4. The molecule has 1 aliphatic rings. The zero-order valence-electron chi connectivity index (χ0n) is 16.7. The lowest BCUT2D eigenvalue weighted by Crippen LogP contribution is -2.46. The topological polar surface area (TPSA) is 66.5 Å². The number of rotatable bonds is 8. The molecule has 2 aromatic carbocycles. The van der Waals surface area contributed by atoms with Crippen LogP contribution in [0.2, 0.25) is 15.1 Å². The van der Waals surface area contributed by atoms with Crippen molar-refractivity contribution in [2.45, 2.75) is 23.5 Å². The Balaban J connectivity index is 1.49. The van der Waals surface area contributed by atoms with Crippen molar-refractivity contribution in [3.8, 4) is 0 Å². The largest absolute Gasteiger partial charge is 0.355 e. The molecule has 3 rings (SSSR count). The van der Waals surface area contributed by atoms with Crippen molar-refractivity contribution < 1.29 is 13.2 Å². The highest BCUT2D eigenvalue weighted by atomic mass is 35.5. The second-order valence-electron chi connectivity index (χ2n) is 7.30. The fourth-order valence-corrected chi connectivity index (χ4v) is 6.17. The van der Waals surface area contributed by atoms with Gasteiger partial charge < -0.3 is 5.32 Å². The first-order chi connectivity index (χ1) is 14.7. The molecule has 2 aromatic rings. The van der Waals surface area contributed by atoms with E-state index in [-0.39, 0.29) is 24.1 Å². The highest BCUT2D eigenvalue weighted by molar-refractivity contribution is 7.99. The lowest BCUT2D eigenvalue weighted by molar-refractivity contribution is -0.125. The van der Waals surface area contributed by atoms with Gasteiger partial charge in [0.25, 0.3) is 0 Å². The number of piperidine rings is 1. The molecule has 1 aliphatic heterocycles. The van der Waals surface area contributed by atoms with E-state index in [4.69, 9.17) is 34.8 Å². The fourth-order valence-electron chi connectivity index (χ4n) is 3.36. The van der Waals surface area contributed by atoms with Gasteiger partial charge in [0.15, 0.2) is 0 Å². The minimum absolute atomic E-state index is 0.105. The van der Waals surface area contributed by atoms with Crippen LogP contribution in [0.5, 0.6) is 0 Å². The molecule has 1 N–H and O–H groups in total. The van der Waals surface area contributed by atoms with Crippen LogP contribution < -0.4 is 5.32 Å². The number of carbonyl (C=O) groups is 1. The highest BCUT2D eigenvalue weighted by Gasteiger charge is 2.32. The highest BCUT2D eigenvalue weighted by Crippen LogP contribution is 2.26. The van der Waals surface area contributed by atoms with Gasteiger partial charge in [0.1, 0.15) is 0 Å². The van der Waals surface area contributed by atoms with E-state index in [9.17, 15) is 13.2 Å². The molecule has 31 heavy (non-hydrogen) atoms. The minimum atomic E-state index is -3.56. The smallest absolute Gasteiger partial charge is 0.224 e. The molecule has 0 spiro atoms. The van der Waals surface area contributed by atoms with E-state index in [1.165, 1.54) is 4.31 Å². The van der Waals surface area contributed by atoms with Crippen molar-refractivity contribution in [3.05, 3.63) is 63.1 Å². The van der Waals surface area contributed by atoms with E-state index in [0.29, 0.717) is 46.6 Å². The second-order valence-corrected chi connectivity index (χ2v) is 11.7. The van der Waals surface area contributed by atoms with E-state index >= 15 is 0 Å². The summed E-state index contributed by atoms with van der Waals surface area (Å²) in [5.74, 6) is 0.0964. The van der Waals surface area contributed by atoms with E-state index in [1.54, 1.807) is 30.0 Å². The summed E-state index contributed by atoms with van der Waals surface area (Å²) in [6.07, 6.45) is 1.33. The number of amides is 1. The number of nitrogens with one attached hydrogen (secondary N) is 1. The quantitative estimate of drug-likeness (QED) is 0.388. The third-order valence-electron chi connectivity index (χ3n) is 4.97. The van der Waals surface area contributed by atoms with Crippen LogP contribution in [0, 0.1) is 5.92 Å². The first-order valence-corrected chi connectivity index (χ1v) is 13.6. The number of thioether (sulfide) groups is 1. The standard InChI is InChI=1S/C21H23Cl3N2O3S2/c22-17-4-6-18(7-5-17)30-11-9-25-21(27)16-2-1-10-26(13-16)31(28,29)14-15-3-8-19(23)20(24)12-15/h3-8,12,16H,1-2,9-11,13-14H2,(H,25,27). The maximum atomic E-state index is 12.9. The first kappa shape index (κ1) is 24.7. The summed E-state index contributed by atoms with van der Waals surface area (Å²) in [5.41, 5.74) is 0.570. The SMILES string of the molecule is O=C(NCCSc1ccc(Cl)cc1)C1CCCN(S(=O)(=O)Cc2ccc(Cl)c(Cl)c2)C1. The van der Waals surface area contributed by atoms with Crippen LogP contribution in [-0.4, -0.2) is 44.0 Å². The van der Waals surface area contributed by atoms with E-state index < -0.39 is 10.0 Å². The predicted octanol–water partition coefficient (Wildman–Crippen LogP) is 5.10. The Bertz CT molecular complexity index is 1020. The summed E-state index contributed by atoms with van der Waals surface area (Å²) in [5, 5.41) is 4.32. The van der Waals surface area contributed by atoms with Crippen molar-refractivity contribution in [1.82, 2.24) is 9.62 Å². The van der Waals surface area contributed by atoms with Crippen LogP contribution in [0.1, 0.15) is 18.4 Å². The molecule has 10 heteroatoms. The van der Waals surface area contributed by atoms with Crippen molar-refractivity contribution in [1.29, 1.82) is 0 Å². The molecule has 0 saturated carbocycles. The van der Waals surface area contributed by atoms with Gasteiger partial charge in [0.2, 0.25) is 15.9 Å². The van der Waals surface area contributed by atoms with Crippen LogP contribution in [0.25, 0.3) is 0 Å². The van der Waals surface area contributed by atoms with Crippen molar-refractivity contribution >= 4 is 62.5 Å². The average molecular weight is 522 g/mol. The van der Waals surface area contributed by atoms with Gasteiger partial charge in [-0.3, -0.25) is 4.79 Å². The van der Waals surface area contributed by atoms with Crippen molar-refractivity contribution in [2.75, 3.05) is 25.4 Å². The number of nitrogens with zero attached hydrogens (tertiary/aromatic N) is 1. The summed E-state index contributed by atoms with van der Waals surface area (Å²) in [6, 6.07) is 12.3. The Morgan fingerprint density at radius 2 is 1.84 bits per heavy atom. The van der Waals surface area contributed by atoms with Gasteiger partial charge in [-0.25, -0.2) is 12.7 Å². The Kier molecular flexibility index (Phi) is 8.96. The molecule has 0 aromatic heterocycles. The van der Waals surface area contributed by atoms with Crippen LogP contribution in [0.4, 0.5) is 0 Å². The molecule has 1 atom stereocenters. The van der Waals surface area contributed by atoms with E-state index in [0.717, 1.165) is 10.6 Å². The van der Waals surface area contributed by atoms with E-state index in [1.807, 2.05) is 24.3 Å². The Morgan fingerprint density at radius 1 is 1.10 bits per heavy atom. The van der Waals surface area contributed by atoms with Crippen molar-refractivity contribution in [3.63, 3.8) is 0 Å². The number of sulfonamides is 1. The average Bonchev–Trinajstić information content (AvgIpc) is 2.75. The Hall–Kier alpha value is -0.960. The number of hydrogen-bond donors (Lipinski definition) is 1. The molecule has 0 aliphatic carbocycles. The monoisotopic (exact) mass is 520 g/mol. The van der Waals surface area contributed by atoms with Crippen LogP contribution in [-0.2, 0) is 20.6 Å². The maximum Gasteiger partial charge on any atom is 0.224 e. The number of carbonyl (C=O) groups excluding carboxylic acids is 1. The van der Waals surface area contributed by atoms with E-state index in [2.05, 4.69) is 5.32 Å². The summed E-state index contributed by atoms with van der Waals surface area (Å²) >= 11 is 19.4. The molecular weight excluding hydrogens is 499 g/mol. The molecular formula is C21H23Cl3N2O3S2. The molecule has 1 saturated heterocycles. The summed E-state index contributed by atoms with van der Waals surface area (Å²) in [7, 11) is -3.56. The zero-order chi connectivity index (χ0) is 22.4. The minimum Gasteiger partial charge on any atom is -0.355 e. The van der Waals surface area contributed by atoms with Gasteiger partial charge >= 0.3 is 0 Å². The third-order valence-corrected chi connectivity index (χ3v) is 8.79. The van der Waals surface area contributed by atoms with Gasteiger partial charge in [-0.15, -0.1) is 11.8 Å². The fraction of sp³-hybridized carbons (Fsp3) is 0.381. The molecule has 0 bridgehead atoms. The molecule has 1 unspecified atom stereocenters. The third kappa shape index (κ3) is 7.27. The van der Waals surface area contributed by atoms with Gasteiger partial charge in [0, 0.05) is 35.3 Å². The molecule has 1 fully saturated rings.